The Kier molecular flexibility index (Phi) is 6.89. The summed E-state index contributed by atoms with van der Waals surface area (Å²) in [7, 11) is 0. The van der Waals surface area contributed by atoms with Crippen molar-refractivity contribution in [3.8, 4) is 45.0 Å². The van der Waals surface area contributed by atoms with Gasteiger partial charge in [-0.2, -0.15) is 0 Å². The standard InChI is InChI=1S/C41H26N4O/c46-41(31-21-23-33-35(25-31)44-39(29-17-9-3-10-18-29)37(42-33)27-13-5-1-6-14-27)32-22-24-34-36(26-32)45-40(30-19-11-4-12-20-30)38(43-34)28-15-7-2-8-16-28/h1-26H. The van der Waals surface area contributed by atoms with E-state index in [0.29, 0.717) is 22.2 Å². The molecule has 5 nitrogen and oxygen atoms in total. The average Bonchev–Trinajstić information content (AvgIpc) is 3.14. The van der Waals surface area contributed by atoms with Crippen molar-refractivity contribution in [1.82, 2.24) is 19.9 Å². The third kappa shape index (κ3) is 5.10. The Morgan fingerprint density at radius 2 is 0.609 bits per heavy atom. The van der Waals surface area contributed by atoms with Gasteiger partial charge in [-0.15, -0.1) is 0 Å². The van der Waals surface area contributed by atoms with E-state index >= 15 is 0 Å². The lowest BCUT2D eigenvalue weighted by Crippen LogP contribution is -2.04. The maximum Gasteiger partial charge on any atom is 0.193 e. The molecule has 0 atom stereocenters. The summed E-state index contributed by atoms with van der Waals surface area (Å²) in [6, 6.07) is 51.2. The number of hydrogen-bond acceptors (Lipinski definition) is 5. The second-order valence-corrected chi connectivity index (χ2v) is 11.0. The number of ketones is 1. The number of rotatable bonds is 6. The van der Waals surface area contributed by atoms with E-state index < -0.39 is 0 Å². The number of carbonyl (C=O) groups excluding carboxylic acids is 1. The third-order valence-corrected chi connectivity index (χ3v) is 8.04. The molecule has 0 aliphatic rings. The van der Waals surface area contributed by atoms with E-state index in [0.717, 1.165) is 56.1 Å². The molecule has 0 unspecified atom stereocenters. The van der Waals surface area contributed by atoms with Crippen LogP contribution >= 0.6 is 0 Å². The fourth-order valence-electron chi connectivity index (χ4n) is 5.75. The van der Waals surface area contributed by atoms with E-state index in [1.165, 1.54) is 0 Å². The minimum Gasteiger partial charge on any atom is -0.289 e. The molecule has 46 heavy (non-hydrogen) atoms. The topological polar surface area (TPSA) is 68.6 Å². The molecule has 0 fully saturated rings. The van der Waals surface area contributed by atoms with Gasteiger partial charge in [0.25, 0.3) is 0 Å². The molecule has 0 aliphatic carbocycles. The molecule has 0 spiro atoms. The van der Waals surface area contributed by atoms with Crippen LogP contribution in [-0.4, -0.2) is 25.7 Å². The zero-order valence-corrected chi connectivity index (χ0v) is 24.7. The van der Waals surface area contributed by atoms with Gasteiger partial charge in [0.2, 0.25) is 0 Å². The van der Waals surface area contributed by atoms with Gasteiger partial charge in [0, 0.05) is 33.4 Å². The molecule has 2 heterocycles. The van der Waals surface area contributed by atoms with Crippen molar-refractivity contribution in [2.45, 2.75) is 0 Å². The second kappa shape index (κ2) is 11.6. The molecule has 0 saturated carbocycles. The molecule has 0 N–H and O–H groups in total. The Labute approximate surface area is 265 Å². The highest BCUT2D eigenvalue weighted by atomic mass is 16.1. The van der Waals surface area contributed by atoms with Crippen LogP contribution in [0.1, 0.15) is 15.9 Å². The molecule has 5 heteroatoms. The molecule has 0 amide bonds. The molecule has 6 aromatic carbocycles. The van der Waals surface area contributed by atoms with E-state index in [1.807, 2.05) is 158 Å². The van der Waals surface area contributed by atoms with Crippen LogP contribution in [0.2, 0.25) is 0 Å². The summed E-state index contributed by atoms with van der Waals surface area (Å²) in [6.45, 7) is 0. The van der Waals surface area contributed by atoms with Crippen molar-refractivity contribution < 1.29 is 4.79 Å². The van der Waals surface area contributed by atoms with E-state index in [9.17, 15) is 4.79 Å². The fourth-order valence-corrected chi connectivity index (χ4v) is 5.75. The smallest absolute Gasteiger partial charge is 0.193 e. The molecule has 216 valence electrons. The summed E-state index contributed by atoms with van der Waals surface area (Å²) in [5.41, 5.74) is 10.9. The first-order valence-corrected chi connectivity index (χ1v) is 15.1. The highest BCUT2D eigenvalue weighted by Crippen LogP contribution is 2.33. The summed E-state index contributed by atoms with van der Waals surface area (Å²) in [4.78, 5) is 34.1. The van der Waals surface area contributed by atoms with Gasteiger partial charge in [-0.05, 0) is 36.4 Å². The Morgan fingerprint density at radius 1 is 0.326 bits per heavy atom. The lowest BCUT2D eigenvalue weighted by atomic mass is 10.00. The van der Waals surface area contributed by atoms with Gasteiger partial charge < -0.3 is 0 Å². The fraction of sp³-hybridized carbons (Fsp3) is 0. The van der Waals surface area contributed by atoms with Crippen LogP contribution in [0.3, 0.4) is 0 Å². The highest BCUT2D eigenvalue weighted by molar-refractivity contribution is 6.11. The van der Waals surface area contributed by atoms with Gasteiger partial charge in [-0.3, -0.25) is 4.79 Å². The van der Waals surface area contributed by atoms with Crippen LogP contribution < -0.4 is 0 Å². The first kappa shape index (κ1) is 27.2. The third-order valence-electron chi connectivity index (χ3n) is 8.04. The zero-order chi connectivity index (χ0) is 30.9. The van der Waals surface area contributed by atoms with Crippen LogP contribution in [0.25, 0.3) is 67.1 Å². The monoisotopic (exact) mass is 590 g/mol. The first-order valence-electron chi connectivity index (χ1n) is 15.1. The molecule has 8 aromatic rings. The summed E-state index contributed by atoms with van der Waals surface area (Å²) in [5, 5.41) is 0. The van der Waals surface area contributed by atoms with Crippen molar-refractivity contribution in [1.29, 1.82) is 0 Å². The molecule has 0 aliphatic heterocycles. The predicted octanol–water partition coefficient (Wildman–Crippen LogP) is 9.47. The van der Waals surface area contributed by atoms with Crippen LogP contribution in [0, 0.1) is 0 Å². The summed E-state index contributed by atoms with van der Waals surface area (Å²) in [5.74, 6) is -0.116. The molecule has 0 radical (unpaired) electrons. The van der Waals surface area contributed by atoms with E-state index in [4.69, 9.17) is 19.9 Å². The minimum absolute atomic E-state index is 0.116. The molecule has 8 rings (SSSR count). The minimum atomic E-state index is -0.116. The maximum absolute atomic E-state index is 13.9. The largest absolute Gasteiger partial charge is 0.289 e. The molecule has 0 bridgehead atoms. The summed E-state index contributed by atoms with van der Waals surface area (Å²) in [6.07, 6.45) is 0. The number of hydrogen-bond donors (Lipinski definition) is 0. The van der Waals surface area contributed by atoms with Crippen molar-refractivity contribution in [3.63, 3.8) is 0 Å². The quantitative estimate of drug-likeness (QED) is 0.180. The van der Waals surface area contributed by atoms with Gasteiger partial charge in [0.15, 0.2) is 5.78 Å². The summed E-state index contributed by atoms with van der Waals surface area (Å²) >= 11 is 0. The molecular formula is C41H26N4O. The van der Waals surface area contributed by atoms with Crippen LogP contribution in [0.15, 0.2) is 158 Å². The lowest BCUT2D eigenvalue weighted by Gasteiger charge is -2.12. The van der Waals surface area contributed by atoms with Gasteiger partial charge in [-0.25, -0.2) is 19.9 Å². The highest BCUT2D eigenvalue weighted by Gasteiger charge is 2.18. The molecule has 0 saturated heterocycles. The molecule has 2 aromatic heterocycles. The Balaban J connectivity index is 1.22. The van der Waals surface area contributed by atoms with Crippen molar-refractivity contribution in [2.75, 3.05) is 0 Å². The Morgan fingerprint density at radius 3 is 0.913 bits per heavy atom. The van der Waals surface area contributed by atoms with E-state index in [-0.39, 0.29) is 5.78 Å². The Hall–Kier alpha value is -6.33. The van der Waals surface area contributed by atoms with Crippen molar-refractivity contribution >= 4 is 27.9 Å². The van der Waals surface area contributed by atoms with Gasteiger partial charge in [0.1, 0.15) is 0 Å². The van der Waals surface area contributed by atoms with Crippen LogP contribution in [0.4, 0.5) is 0 Å². The maximum atomic E-state index is 13.9. The van der Waals surface area contributed by atoms with Crippen molar-refractivity contribution in [3.05, 3.63) is 169 Å². The Bertz CT molecular complexity index is 2190. The van der Waals surface area contributed by atoms with Crippen molar-refractivity contribution in [2.24, 2.45) is 0 Å². The lowest BCUT2D eigenvalue weighted by molar-refractivity contribution is 0.103. The number of nitrogens with zero attached hydrogens (tertiary/aromatic N) is 4. The van der Waals surface area contributed by atoms with Crippen LogP contribution in [-0.2, 0) is 0 Å². The number of carbonyl (C=O) groups is 1. The zero-order valence-electron chi connectivity index (χ0n) is 24.7. The van der Waals surface area contributed by atoms with Crippen LogP contribution in [0.5, 0.6) is 0 Å². The first-order chi connectivity index (χ1) is 22.7. The van der Waals surface area contributed by atoms with E-state index in [1.54, 1.807) is 0 Å². The normalized spacial score (nSPS) is 11.1. The summed E-state index contributed by atoms with van der Waals surface area (Å²) < 4.78 is 0. The predicted molar refractivity (Wildman–Crippen MR) is 184 cm³/mol. The van der Waals surface area contributed by atoms with E-state index in [2.05, 4.69) is 0 Å². The second-order valence-electron chi connectivity index (χ2n) is 11.0. The molecular weight excluding hydrogens is 564 g/mol. The SMILES string of the molecule is O=C(c1ccc2nc(-c3ccccc3)c(-c3ccccc3)nc2c1)c1ccc2nc(-c3ccccc3)c(-c3ccccc3)nc2c1. The number of aromatic nitrogens is 4. The number of benzene rings is 6. The average molecular weight is 591 g/mol. The van der Waals surface area contributed by atoms with Gasteiger partial charge >= 0.3 is 0 Å². The van der Waals surface area contributed by atoms with Gasteiger partial charge in [0.05, 0.1) is 44.8 Å². The van der Waals surface area contributed by atoms with Gasteiger partial charge in [-0.1, -0.05) is 121 Å². The number of fused-ring (bicyclic) bond motifs is 2.